The van der Waals surface area contributed by atoms with E-state index in [2.05, 4.69) is 21.8 Å². The van der Waals surface area contributed by atoms with Gasteiger partial charge >= 0.3 is 0 Å². The largest absolute Gasteiger partial charge is 0.394 e. The van der Waals surface area contributed by atoms with Crippen molar-refractivity contribution in [3.05, 3.63) is 17.0 Å². The van der Waals surface area contributed by atoms with E-state index in [0.29, 0.717) is 16.9 Å². The third-order valence-corrected chi connectivity index (χ3v) is 3.35. The van der Waals surface area contributed by atoms with Gasteiger partial charge < -0.3 is 10.0 Å². The zero-order valence-electron chi connectivity index (χ0n) is 9.52. The van der Waals surface area contributed by atoms with Crippen LogP contribution in [0.2, 0.25) is 5.15 Å². The molecule has 1 aliphatic heterocycles. The highest BCUT2D eigenvalue weighted by Crippen LogP contribution is 2.29. The lowest BCUT2D eigenvalue weighted by atomic mass is 10.0. The third-order valence-electron chi connectivity index (χ3n) is 3.16. The predicted octanol–water partition coefficient (Wildman–Crippen LogP) is 1.65. The van der Waals surface area contributed by atoms with Gasteiger partial charge in [-0.2, -0.15) is 0 Å². The summed E-state index contributed by atoms with van der Waals surface area (Å²) in [6.45, 7) is 5.04. The lowest BCUT2D eigenvalue weighted by Gasteiger charge is -2.26. The summed E-state index contributed by atoms with van der Waals surface area (Å²) in [5, 5.41) is 9.85. The Morgan fingerprint density at radius 3 is 2.94 bits per heavy atom. The number of aromatic nitrogens is 2. The molecule has 0 spiro atoms. The fourth-order valence-corrected chi connectivity index (χ4v) is 2.45. The first kappa shape index (κ1) is 11.6. The Kier molecular flexibility index (Phi) is 3.30. The standard InChI is InChI=1S/C11H16ClN3O/c1-7-3-4-15(9(7)6-16)11-5-10(12)13-8(2)14-11/h5,7,9,16H,3-4,6H2,1-2H3. The first-order valence-electron chi connectivity index (χ1n) is 5.50. The summed E-state index contributed by atoms with van der Waals surface area (Å²) in [6.07, 6.45) is 1.08. The molecular formula is C11H16ClN3O. The number of aryl methyl sites for hydroxylation is 1. The Balaban J connectivity index is 2.29. The van der Waals surface area contributed by atoms with E-state index in [-0.39, 0.29) is 12.6 Å². The average Bonchev–Trinajstić information content (AvgIpc) is 2.58. The minimum atomic E-state index is 0.144. The quantitative estimate of drug-likeness (QED) is 0.800. The summed E-state index contributed by atoms with van der Waals surface area (Å²) < 4.78 is 0. The van der Waals surface area contributed by atoms with E-state index < -0.39 is 0 Å². The second-order valence-corrected chi connectivity index (χ2v) is 4.69. The van der Waals surface area contributed by atoms with Crippen LogP contribution >= 0.6 is 11.6 Å². The van der Waals surface area contributed by atoms with Gasteiger partial charge in [0.25, 0.3) is 0 Å². The van der Waals surface area contributed by atoms with Gasteiger partial charge in [0.05, 0.1) is 12.6 Å². The summed E-state index contributed by atoms with van der Waals surface area (Å²) in [6, 6.07) is 1.90. The monoisotopic (exact) mass is 241 g/mol. The molecule has 5 heteroatoms. The summed E-state index contributed by atoms with van der Waals surface area (Å²) >= 11 is 5.92. The molecule has 2 atom stereocenters. The maximum Gasteiger partial charge on any atom is 0.134 e. The van der Waals surface area contributed by atoms with Gasteiger partial charge in [-0.25, -0.2) is 9.97 Å². The number of hydrogen-bond acceptors (Lipinski definition) is 4. The summed E-state index contributed by atoms with van der Waals surface area (Å²) in [5.41, 5.74) is 0. The molecule has 1 saturated heterocycles. The summed E-state index contributed by atoms with van der Waals surface area (Å²) in [4.78, 5) is 10.5. The van der Waals surface area contributed by atoms with Gasteiger partial charge in [0, 0.05) is 12.6 Å². The minimum Gasteiger partial charge on any atom is -0.394 e. The van der Waals surface area contributed by atoms with Gasteiger partial charge in [0.15, 0.2) is 0 Å². The van der Waals surface area contributed by atoms with Crippen molar-refractivity contribution in [1.82, 2.24) is 9.97 Å². The third kappa shape index (κ3) is 2.13. The van der Waals surface area contributed by atoms with Crippen LogP contribution in [0.15, 0.2) is 6.07 Å². The van der Waals surface area contributed by atoms with Crippen LogP contribution in [-0.4, -0.2) is 34.3 Å². The zero-order chi connectivity index (χ0) is 11.7. The molecule has 2 rings (SSSR count). The highest BCUT2D eigenvalue weighted by atomic mass is 35.5. The molecule has 1 aliphatic rings. The molecule has 88 valence electrons. The van der Waals surface area contributed by atoms with Crippen molar-refractivity contribution in [2.75, 3.05) is 18.1 Å². The van der Waals surface area contributed by atoms with Gasteiger partial charge in [-0.3, -0.25) is 0 Å². The Hall–Kier alpha value is -0.870. The van der Waals surface area contributed by atoms with Gasteiger partial charge in [0.2, 0.25) is 0 Å². The van der Waals surface area contributed by atoms with Crippen molar-refractivity contribution in [3.8, 4) is 0 Å². The molecule has 0 bridgehead atoms. The molecule has 0 aliphatic carbocycles. The van der Waals surface area contributed by atoms with E-state index in [1.54, 1.807) is 6.07 Å². The van der Waals surface area contributed by atoms with E-state index in [0.717, 1.165) is 18.8 Å². The SMILES string of the molecule is Cc1nc(Cl)cc(N2CCC(C)C2CO)n1. The van der Waals surface area contributed by atoms with Crippen LogP contribution in [0.3, 0.4) is 0 Å². The zero-order valence-corrected chi connectivity index (χ0v) is 10.3. The number of aliphatic hydroxyl groups excluding tert-OH is 1. The van der Waals surface area contributed by atoms with Crippen LogP contribution in [0.5, 0.6) is 0 Å². The van der Waals surface area contributed by atoms with E-state index in [9.17, 15) is 5.11 Å². The molecule has 16 heavy (non-hydrogen) atoms. The van der Waals surface area contributed by atoms with Gasteiger partial charge in [-0.1, -0.05) is 18.5 Å². The Bertz CT molecular complexity index is 365. The fourth-order valence-electron chi connectivity index (χ4n) is 2.23. The van der Waals surface area contributed by atoms with Crippen molar-refractivity contribution < 1.29 is 5.11 Å². The van der Waals surface area contributed by atoms with E-state index in [1.165, 1.54) is 0 Å². The number of anilines is 1. The molecule has 1 fully saturated rings. The van der Waals surface area contributed by atoms with Gasteiger partial charge in [0.1, 0.15) is 16.8 Å². The van der Waals surface area contributed by atoms with Crippen molar-refractivity contribution in [2.45, 2.75) is 26.3 Å². The highest BCUT2D eigenvalue weighted by Gasteiger charge is 2.31. The number of hydrogen-bond donors (Lipinski definition) is 1. The van der Waals surface area contributed by atoms with Crippen LogP contribution in [0.25, 0.3) is 0 Å². The van der Waals surface area contributed by atoms with E-state index in [1.807, 2.05) is 6.92 Å². The van der Waals surface area contributed by atoms with Crippen LogP contribution in [0.4, 0.5) is 5.82 Å². The average molecular weight is 242 g/mol. The lowest BCUT2D eigenvalue weighted by molar-refractivity contribution is 0.244. The highest BCUT2D eigenvalue weighted by molar-refractivity contribution is 6.29. The summed E-state index contributed by atoms with van der Waals surface area (Å²) in [7, 11) is 0. The topological polar surface area (TPSA) is 49.2 Å². The Morgan fingerprint density at radius 2 is 2.31 bits per heavy atom. The first-order chi connectivity index (χ1) is 7.61. The molecular weight excluding hydrogens is 226 g/mol. The maximum absolute atomic E-state index is 9.39. The molecule has 2 heterocycles. The number of halogens is 1. The fraction of sp³-hybridized carbons (Fsp3) is 0.636. The molecule has 1 aromatic rings. The van der Waals surface area contributed by atoms with Crippen molar-refractivity contribution in [2.24, 2.45) is 5.92 Å². The van der Waals surface area contributed by atoms with Gasteiger partial charge in [-0.15, -0.1) is 0 Å². The second kappa shape index (κ2) is 4.55. The predicted molar refractivity (Wildman–Crippen MR) is 63.8 cm³/mol. The van der Waals surface area contributed by atoms with Crippen LogP contribution < -0.4 is 4.90 Å². The number of nitrogens with zero attached hydrogens (tertiary/aromatic N) is 3. The first-order valence-corrected chi connectivity index (χ1v) is 5.88. The van der Waals surface area contributed by atoms with Crippen molar-refractivity contribution in [1.29, 1.82) is 0 Å². The van der Waals surface area contributed by atoms with Crippen molar-refractivity contribution in [3.63, 3.8) is 0 Å². The molecule has 0 amide bonds. The molecule has 1 aromatic heterocycles. The summed E-state index contributed by atoms with van der Waals surface area (Å²) in [5.74, 6) is 1.97. The molecule has 0 aromatic carbocycles. The Morgan fingerprint density at radius 1 is 1.56 bits per heavy atom. The normalized spacial score (nSPS) is 25.1. The van der Waals surface area contributed by atoms with Gasteiger partial charge in [-0.05, 0) is 19.3 Å². The van der Waals surface area contributed by atoms with Crippen LogP contribution in [0.1, 0.15) is 19.2 Å². The lowest BCUT2D eigenvalue weighted by Crippen LogP contribution is -2.35. The number of aliphatic hydroxyl groups is 1. The van der Waals surface area contributed by atoms with Crippen molar-refractivity contribution >= 4 is 17.4 Å². The smallest absolute Gasteiger partial charge is 0.134 e. The Labute approximate surface area is 100 Å². The molecule has 0 saturated carbocycles. The minimum absolute atomic E-state index is 0.144. The number of rotatable bonds is 2. The van der Waals surface area contributed by atoms with Crippen LogP contribution in [0, 0.1) is 12.8 Å². The maximum atomic E-state index is 9.39. The molecule has 2 unspecified atom stereocenters. The molecule has 1 N–H and O–H groups in total. The van der Waals surface area contributed by atoms with Crippen LogP contribution in [-0.2, 0) is 0 Å². The van der Waals surface area contributed by atoms with E-state index in [4.69, 9.17) is 11.6 Å². The molecule has 0 radical (unpaired) electrons. The second-order valence-electron chi connectivity index (χ2n) is 4.31. The van der Waals surface area contributed by atoms with E-state index >= 15 is 0 Å². The molecule has 4 nitrogen and oxygen atoms in total.